The van der Waals surface area contributed by atoms with Crippen LogP contribution in [-0.4, -0.2) is 26.9 Å². The van der Waals surface area contributed by atoms with Gasteiger partial charge in [-0.2, -0.15) is 0 Å². The minimum absolute atomic E-state index is 0.0653. The number of amides is 1. The second kappa shape index (κ2) is 6.75. The van der Waals surface area contributed by atoms with Gasteiger partial charge in [0.2, 0.25) is 5.78 Å². The predicted octanol–water partition coefficient (Wildman–Crippen LogP) is 3.27. The number of rotatable bonds is 5. The number of anilines is 1. The quantitative estimate of drug-likeness (QED) is 0.394. The predicted molar refractivity (Wildman–Crippen MR) is 97.3 cm³/mol. The number of carbonyl (C=O) groups is 2. The van der Waals surface area contributed by atoms with E-state index in [-0.39, 0.29) is 22.8 Å². The van der Waals surface area contributed by atoms with Crippen LogP contribution in [-0.2, 0) is 4.79 Å². The van der Waals surface area contributed by atoms with Crippen molar-refractivity contribution in [1.29, 1.82) is 0 Å². The van der Waals surface area contributed by atoms with Gasteiger partial charge < -0.3 is 14.0 Å². The molecule has 1 aliphatic rings. The summed E-state index contributed by atoms with van der Waals surface area (Å²) in [4.78, 5) is 37.3. The van der Waals surface area contributed by atoms with Gasteiger partial charge in [-0.3, -0.25) is 24.6 Å². The SMILES string of the molecule is Cc1cc(N2C(=O)C(O)=C(C(=O)c3ccco3)[C@@H]2c2ccc([N+](=O)[O-])cc2)no1. The molecular weight excluding hydrogens is 382 g/mol. The van der Waals surface area contributed by atoms with Crippen molar-refractivity contribution in [2.24, 2.45) is 0 Å². The molecule has 146 valence electrons. The molecule has 0 saturated carbocycles. The lowest BCUT2D eigenvalue weighted by atomic mass is 9.95. The van der Waals surface area contributed by atoms with Crippen LogP contribution in [0.4, 0.5) is 11.5 Å². The molecule has 4 rings (SSSR count). The van der Waals surface area contributed by atoms with Crippen molar-refractivity contribution < 1.29 is 28.6 Å². The number of carbonyl (C=O) groups excluding carboxylic acids is 2. The van der Waals surface area contributed by atoms with Crippen molar-refractivity contribution in [2.75, 3.05) is 4.90 Å². The maximum atomic E-state index is 13.0. The van der Waals surface area contributed by atoms with E-state index >= 15 is 0 Å². The second-order valence-electron chi connectivity index (χ2n) is 6.29. The fraction of sp³-hybridized carbons (Fsp3) is 0.105. The molecule has 29 heavy (non-hydrogen) atoms. The third-order valence-electron chi connectivity index (χ3n) is 4.48. The third-order valence-corrected chi connectivity index (χ3v) is 4.48. The van der Waals surface area contributed by atoms with Crippen molar-refractivity contribution in [3.63, 3.8) is 0 Å². The van der Waals surface area contributed by atoms with Gasteiger partial charge in [0, 0.05) is 18.2 Å². The van der Waals surface area contributed by atoms with Gasteiger partial charge in [-0.05, 0) is 36.8 Å². The van der Waals surface area contributed by atoms with Crippen molar-refractivity contribution in [2.45, 2.75) is 13.0 Å². The zero-order valence-corrected chi connectivity index (χ0v) is 14.9. The summed E-state index contributed by atoms with van der Waals surface area (Å²) in [7, 11) is 0. The monoisotopic (exact) mass is 395 g/mol. The van der Waals surface area contributed by atoms with Crippen LogP contribution in [0.15, 0.2) is 69.0 Å². The Morgan fingerprint density at radius 1 is 1.28 bits per heavy atom. The summed E-state index contributed by atoms with van der Waals surface area (Å²) in [6.45, 7) is 1.63. The number of aromatic nitrogens is 1. The van der Waals surface area contributed by atoms with E-state index in [2.05, 4.69) is 5.16 Å². The minimum Gasteiger partial charge on any atom is -0.503 e. The molecule has 2 aromatic heterocycles. The number of aryl methyl sites for hydroxylation is 1. The Morgan fingerprint density at radius 3 is 2.55 bits per heavy atom. The Kier molecular flexibility index (Phi) is 4.23. The largest absolute Gasteiger partial charge is 0.503 e. The summed E-state index contributed by atoms with van der Waals surface area (Å²) >= 11 is 0. The first-order valence-corrected chi connectivity index (χ1v) is 8.41. The van der Waals surface area contributed by atoms with Crippen LogP contribution in [0.3, 0.4) is 0 Å². The van der Waals surface area contributed by atoms with Crippen LogP contribution in [0, 0.1) is 17.0 Å². The second-order valence-corrected chi connectivity index (χ2v) is 6.29. The topological polar surface area (TPSA) is 140 Å². The zero-order valence-electron chi connectivity index (χ0n) is 14.9. The van der Waals surface area contributed by atoms with Gasteiger partial charge in [0.05, 0.1) is 22.8 Å². The Hall–Kier alpha value is -4.21. The Balaban J connectivity index is 1.86. The molecule has 10 nitrogen and oxygen atoms in total. The number of ketones is 1. The highest BCUT2D eigenvalue weighted by Crippen LogP contribution is 2.41. The maximum absolute atomic E-state index is 13.0. The van der Waals surface area contributed by atoms with Gasteiger partial charge in [-0.15, -0.1) is 0 Å². The highest BCUT2D eigenvalue weighted by Gasteiger charge is 2.46. The van der Waals surface area contributed by atoms with Gasteiger partial charge in [0.15, 0.2) is 17.3 Å². The Labute approximate surface area is 162 Å². The molecule has 1 aliphatic heterocycles. The summed E-state index contributed by atoms with van der Waals surface area (Å²) in [5, 5.41) is 25.3. The molecule has 3 heterocycles. The number of nitrogens with zero attached hydrogens (tertiary/aromatic N) is 3. The standard InChI is InChI=1S/C19H13N3O7/c1-10-9-14(20-29-10)21-16(11-4-6-12(7-5-11)22(26)27)15(18(24)19(21)25)17(23)13-3-2-8-28-13/h2-9,16,24H,1H3/t16-/m0/s1. The molecule has 1 aromatic carbocycles. The van der Waals surface area contributed by atoms with E-state index in [1.54, 1.807) is 6.92 Å². The van der Waals surface area contributed by atoms with E-state index in [1.807, 2.05) is 0 Å². The maximum Gasteiger partial charge on any atom is 0.295 e. The van der Waals surface area contributed by atoms with Crippen LogP contribution in [0.25, 0.3) is 0 Å². The molecule has 1 N–H and O–H groups in total. The average molecular weight is 395 g/mol. The molecule has 0 unspecified atom stereocenters. The van der Waals surface area contributed by atoms with Crippen molar-refractivity contribution in [1.82, 2.24) is 5.16 Å². The molecular formula is C19H13N3O7. The van der Waals surface area contributed by atoms with Crippen molar-refractivity contribution in [3.05, 3.63) is 87.3 Å². The normalized spacial score (nSPS) is 16.5. The molecule has 0 bridgehead atoms. The zero-order chi connectivity index (χ0) is 20.7. The molecule has 0 saturated heterocycles. The number of hydrogen-bond donors (Lipinski definition) is 1. The number of benzene rings is 1. The van der Waals surface area contributed by atoms with Gasteiger partial charge in [0.25, 0.3) is 11.6 Å². The molecule has 0 radical (unpaired) electrons. The Bertz CT molecular complexity index is 1140. The number of hydrogen-bond acceptors (Lipinski definition) is 8. The van der Waals surface area contributed by atoms with E-state index in [1.165, 1.54) is 48.7 Å². The number of furan rings is 1. The molecule has 3 aromatic rings. The first-order valence-electron chi connectivity index (χ1n) is 8.41. The van der Waals surface area contributed by atoms with E-state index in [0.717, 1.165) is 4.90 Å². The van der Waals surface area contributed by atoms with Crippen LogP contribution in [0.5, 0.6) is 0 Å². The summed E-state index contributed by atoms with van der Waals surface area (Å²) in [6.07, 6.45) is 1.29. The Morgan fingerprint density at radius 2 is 2.00 bits per heavy atom. The van der Waals surface area contributed by atoms with E-state index in [0.29, 0.717) is 11.3 Å². The fourth-order valence-corrected chi connectivity index (χ4v) is 3.17. The minimum atomic E-state index is -1.08. The molecule has 1 amide bonds. The first-order chi connectivity index (χ1) is 13.9. The number of Topliss-reactive ketones (excluding diaryl/α,β-unsaturated/α-hetero) is 1. The lowest BCUT2D eigenvalue weighted by Gasteiger charge is -2.24. The summed E-state index contributed by atoms with van der Waals surface area (Å²) in [6, 6.07) is 8.61. The van der Waals surface area contributed by atoms with Crippen molar-refractivity contribution in [3.8, 4) is 0 Å². The van der Waals surface area contributed by atoms with Crippen LogP contribution >= 0.6 is 0 Å². The lowest BCUT2D eigenvalue weighted by Crippen LogP contribution is -2.31. The van der Waals surface area contributed by atoms with Gasteiger partial charge >= 0.3 is 0 Å². The molecule has 0 fully saturated rings. The van der Waals surface area contributed by atoms with Crippen molar-refractivity contribution >= 4 is 23.2 Å². The van der Waals surface area contributed by atoms with Gasteiger partial charge in [-0.25, -0.2) is 0 Å². The highest BCUT2D eigenvalue weighted by atomic mass is 16.6. The van der Waals surface area contributed by atoms with E-state index in [4.69, 9.17) is 8.94 Å². The van der Waals surface area contributed by atoms with E-state index in [9.17, 15) is 24.8 Å². The third kappa shape index (κ3) is 2.96. The highest BCUT2D eigenvalue weighted by molar-refractivity contribution is 6.19. The number of non-ortho nitro benzene ring substituents is 1. The molecule has 0 spiro atoms. The lowest BCUT2D eigenvalue weighted by molar-refractivity contribution is -0.384. The number of aliphatic hydroxyl groups excluding tert-OH is 1. The molecule has 0 aliphatic carbocycles. The van der Waals surface area contributed by atoms with Gasteiger partial charge in [-0.1, -0.05) is 5.16 Å². The summed E-state index contributed by atoms with van der Waals surface area (Å²) < 4.78 is 10.1. The van der Waals surface area contributed by atoms with E-state index < -0.39 is 28.4 Å². The average Bonchev–Trinajstić information content (AvgIpc) is 3.43. The van der Waals surface area contributed by atoms with Crippen LogP contribution in [0.1, 0.15) is 27.9 Å². The number of nitro benzene ring substituents is 1. The van der Waals surface area contributed by atoms with Gasteiger partial charge in [0.1, 0.15) is 5.76 Å². The summed E-state index contributed by atoms with van der Waals surface area (Å²) in [5.41, 5.74) is -0.0166. The summed E-state index contributed by atoms with van der Waals surface area (Å²) in [5.74, 6) is -1.85. The number of aliphatic hydroxyl groups is 1. The smallest absolute Gasteiger partial charge is 0.295 e. The first kappa shape index (κ1) is 18.2. The molecule has 1 atom stereocenters. The van der Waals surface area contributed by atoms with Crippen LogP contribution in [0.2, 0.25) is 0 Å². The molecule has 10 heteroatoms. The fourth-order valence-electron chi connectivity index (χ4n) is 3.17. The van der Waals surface area contributed by atoms with Crippen LogP contribution < -0.4 is 4.90 Å². The number of nitro groups is 1.